The van der Waals surface area contributed by atoms with E-state index in [9.17, 15) is 14.7 Å². The Labute approximate surface area is 192 Å². The van der Waals surface area contributed by atoms with Crippen molar-refractivity contribution in [1.29, 1.82) is 0 Å². The third-order valence-electron chi connectivity index (χ3n) is 3.87. The maximum atomic E-state index is 11.1. The Hall–Kier alpha value is -2.32. The van der Waals surface area contributed by atoms with Gasteiger partial charge in [-0.05, 0) is 51.0 Å². The lowest BCUT2D eigenvalue weighted by Crippen LogP contribution is -2.50. The van der Waals surface area contributed by atoms with Gasteiger partial charge in [0.2, 0.25) is 5.72 Å². The van der Waals surface area contributed by atoms with Gasteiger partial charge in [-0.25, -0.2) is 4.79 Å². The van der Waals surface area contributed by atoms with E-state index in [2.05, 4.69) is 5.32 Å². The number of para-hydroxylation sites is 2. The van der Waals surface area contributed by atoms with Gasteiger partial charge in [0.05, 0.1) is 22.2 Å². The van der Waals surface area contributed by atoms with E-state index in [1.54, 1.807) is 64.1 Å². The molecule has 2 aromatic carbocycles. The number of benzene rings is 2. The molecule has 0 radical (unpaired) electrons. The monoisotopic (exact) mass is 470 g/mol. The number of aliphatic carboxylic acids is 1. The highest BCUT2D eigenvalue weighted by Crippen LogP contribution is 2.33. The lowest BCUT2D eigenvalue weighted by molar-refractivity contribution is -0.177. The smallest absolute Gasteiger partial charge is 0.353 e. The van der Waals surface area contributed by atoms with Crippen molar-refractivity contribution in [2.24, 2.45) is 5.73 Å². The summed E-state index contributed by atoms with van der Waals surface area (Å²) < 4.78 is 4.88. The third kappa shape index (κ3) is 9.14. The number of nitrogens with one attached hydrogen (secondary N) is 1. The average molecular weight is 471 g/mol. The van der Waals surface area contributed by atoms with Crippen LogP contribution >= 0.6 is 23.2 Å². The number of hydrogen-bond donors (Lipinski definition) is 4. The van der Waals surface area contributed by atoms with E-state index in [1.807, 2.05) is 6.07 Å². The first kappa shape index (κ1) is 26.7. The van der Waals surface area contributed by atoms with Gasteiger partial charge in [-0.1, -0.05) is 54.4 Å². The first-order valence-corrected chi connectivity index (χ1v) is 10.3. The van der Waals surface area contributed by atoms with Crippen LogP contribution in [0, 0.1) is 0 Å². The summed E-state index contributed by atoms with van der Waals surface area (Å²) >= 11 is 12.1. The molecule has 0 saturated carbocycles. The molecule has 0 aliphatic carbocycles. The van der Waals surface area contributed by atoms with Crippen molar-refractivity contribution in [3.05, 3.63) is 58.1 Å². The van der Waals surface area contributed by atoms with E-state index in [0.717, 1.165) is 0 Å². The molecule has 0 aliphatic heterocycles. The largest absolute Gasteiger partial charge is 0.481 e. The highest BCUT2D eigenvalue weighted by atomic mass is 35.5. The van der Waals surface area contributed by atoms with Gasteiger partial charge in [-0.2, -0.15) is 0 Å². The van der Waals surface area contributed by atoms with Crippen LogP contribution < -0.4 is 11.1 Å². The van der Waals surface area contributed by atoms with Gasteiger partial charge in [0, 0.05) is 5.69 Å². The molecule has 31 heavy (non-hydrogen) atoms. The van der Waals surface area contributed by atoms with E-state index in [1.165, 1.54) is 0 Å². The van der Waals surface area contributed by atoms with Gasteiger partial charge < -0.3 is 20.3 Å². The molecular weight excluding hydrogens is 443 g/mol. The highest BCUT2D eigenvalue weighted by Gasteiger charge is 2.33. The molecule has 1 atom stereocenters. The zero-order valence-corrected chi connectivity index (χ0v) is 19.4. The van der Waals surface area contributed by atoms with Gasteiger partial charge in [-0.15, -0.1) is 0 Å². The predicted octanol–water partition coefficient (Wildman–Crippen LogP) is 4.75. The molecule has 0 aliphatic rings. The second kappa shape index (κ2) is 11.3. The lowest BCUT2D eigenvalue weighted by Gasteiger charge is -2.26. The first-order valence-electron chi connectivity index (χ1n) is 9.52. The summed E-state index contributed by atoms with van der Waals surface area (Å²) in [5.41, 5.74) is 4.71. The molecule has 0 spiro atoms. The number of carbonyl (C=O) groups is 2. The molecule has 2 aromatic rings. The lowest BCUT2D eigenvalue weighted by atomic mass is 10.1. The fraction of sp³-hybridized carbons (Fsp3) is 0.364. The van der Waals surface area contributed by atoms with Crippen molar-refractivity contribution in [1.82, 2.24) is 0 Å². The van der Waals surface area contributed by atoms with E-state index in [4.69, 9.17) is 38.8 Å². The molecule has 170 valence electrons. The number of hydrogen-bond acceptors (Lipinski definition) is 6. The number of halogens is 2. The highest BCUT2D eigenvalue weighted by molar-refractivity contribution is 6.39. The van der Waals surface area contributed by atoms with Crippen LogP contribution in [0.4, 0.5) is 11.4 Å². The number of ether oxygens (including phenoxy) is 1. The van der Waals surface area contributed by atoms with Gasteiger partial charge in [0.25, 0.3) is 0 Å². The molecule has 0 aromatic heterocycles. The van der Waals surface area contributed by atoms with Gasteiger partial charge >= 0.3 is 11.9 Å². The summed E-state index contributed by atoms with van der Waals surface area (Å²) in [7, 11) is 0. The number of rotatable bonds is 6. The molecule has 1 unspecified atom stereocenters. The van der Waals surface area contributed by atoms with E-state index < -0.39 is 23.3 Å². The Balaban J connectivity index is 0.000000348. The van der Waals surface area contributed by atoms with Crippen molar-refractivity contribution in [2.75, 3.05) is 5.32 Å². The van der Waals surface area contributed by atoms with Crippen molar-refractivity contribution >= 4 is 46.5 Å². The van der Waals surface area contributed by atoms with Crippen LogP contribution in [0.5, 0.6) is 0 Å². The number of carbonyl (C=O) groups excluding carboxylic acids is 1. The third-order valence-corrected chi connectivity index (χ3v) is 4.50. The maximum Gasteiger partial charge on any atom is 0.353 e. The minimum Gasteiger partial charge on any atom is -0.481 e. The Kier molecular flexibility index (Phi) is 9.77. The Morgan fingerprint density at radius 3 is 2.10 bits per heavy atom. The van der Waals surface area contributed by atoms with Crippen molar-refractivity contribution < 1.29 is 24.5 Å². The van der Waals surface area contributed by atoms with Gasteiger partial charge in [-0.3, -0.25) is 10.5 Å². The quantitative estimate of drug-likeness (QED) is 0.354. The minimum atomic E-state index is -1.85. The molecule has 5 N–H and O–H groups in total. The molecule has 0 heterocycles. The topological polar surface area (TPSA) is 122 Å². The van der Waals surface area contributed by atoms with Gasteiger partial charge in [0.1, 0.15) is 5.60 Å². The SMILES string of the molecule is CCC(N)(O)C(=O)OC(C)(C)C.O=C(O)Cc1ccccc1Nc1c(Cl)cccc1Cl. The van der Waals surface area contributed by atoms with Gasteiger partial charge in [0.15, 0.2) is 0 Å². The summed E-state index contributed by atoms with van der Waals surface area (Å²) in [4.78, 5) is 21.9. The summed E-state index contributed by atoms with van der Waals surface area (Å²) in [5.74, 6) is -1.67. The van der Waals surface area contributed by atoms with E-state index in [-0.39, 0.29) is 12.8 Å². The summed E-state index contributed by atoms with van der Waals surface area (Å²) in [6.45, 7) is 6.77. The summed E-state index contributed by atoms with van der Waals surface area (Å²) in [6, 6.07) is 12.3. The van der Waals surface area contributed by atoms with Crippen molar-refractivity contribution in [3.8, 4) is 0 Å². The predicted molar refractivity (Wildman–Crippen MR) is 123 cm³/mol. The number of anilines is 2. The molecule has 0 fully saturated rings. The van der Waals surface area contributed by atoms with E-state index in [0.29, 0.717) is 27.0 Å². The summed E-state index contributed by atoms with van der Waals surface area (Å²) in [5, 5.41) is 22.2. The van der Waals surface area contributed by atoms with E-state index >= 15 is 0 Å². The number of esters is 1. The Bertz CT molecular complexity index is 891. The minimum absolute atomic E-state index is 0.0642. The number of aliphatic hydroxyl groups is 1. The molecule has 0 bridgehead atoms. The Morgan fingerprint density at radius 1 is 1.06 bits per heavy atom. The van der Waals surface area contributed by atoms with Crippen LogP contribution in [0.3, 0.4) is 0 Å². The van der Waals surface area contributed by atoms with Crippen LogP contribution in [-0.2, 0) is 20.7 Å². The van der Waals surface area contributed by atoms with Crippen LogP contribution in [0.25, 0.3) is 0 Å². The van der Waals surface area contributed by atoms with Crippen molar-refractivity contribution in [3.63, 3.8) is 0 Å². The van der Waals surface area contributed by atoms with Crippen LogP contribution in [-0.4, -0.2) is 33.5 Å². The fourth-order valence-electron chi connectivity index (χ4n) is 2.22. The average Bonchev–Trinajstić information content (AvgIpc) is 2.65. The fourth-order valence-corrected chi connectivity index (χ4v) is 2.71. The summed E-state index contributed by atoms with van der Waals surface area (Å²) in [6.07, 6.45) is 0.0765. The molecule has 7 nitrogen and oxygen atoms in total. The number of nitrogens with two attached hydrogens (primary N) is 1. The first-order chi connectivity index (χ1) is 14.3. The molecule has 0 saturated heterocycles. The number of carboxylic acids is 1. The second-order valence-corrected chi connectivity index (χ2v) is 8.54. The van der Waals surface area contributed by atoms with Crippen LogP contribution in [0.1, 0.15) is 39.7 Å². The normalized spacial score (nSPS) is 12.8. The zero-order chi connectivity index (χ0) is 23.8. The van der Waals surface area contributed by atoms with Crippen molar-refractivity contribution in [2.45, 2.75) is 51.9 Å². The maximum absolute atomic E-state index is 11.1. The molecule has 0 amide bonds. The molecule has 2 rings (SSSR count). The number of carboxylic acid groups (broad SMARTS) is 1. The standard InChI is InChI=1S/C14H11Cl2NO2.C8H17NO3/c15-10-5-3-6-11(16)14(10)17-12-7-2-1-4-9(12)8-13(18)19;1-5-8(9,11)6(10)12-7(2,3)4/h1-7,17H,8H2,(H,18,19);11H,5,9H2,1-4H3. The Morgan fingerprint density at radius 2 is 1.61 bits per heavy atom. The molecule has 9 heteroatoms. The second-order valence-electron chi connectivity index (χ2n) is 7.73. The van der Waals surface area contributed by atoms with Crippen LogP contribution in [0.2, 0.25) is 10.0 Å². The zero-order valence-electron chi connectivity index (χ0n) is 17.9. The molecular formula is C22H28Cl2N2O5. The van der Waals surface area contributed by atoms with Crippen LogP contribution in [0.15, 0.2) is 42.5 Å².